The number of aryl methyl sites for hydroxylation is 1. The van der Waals surface area contributed by atoms with Gasteiger partial charge >= 0.3 is 0 Å². The summed E-state index contributed by atoms with van der Waals surface area (Å²) in [6.45, 7) is 1.73. The number of nitrogens with zero attached hydrogens (tertiary/aromatic N) is 2. The molecular weight excluding hydrogens is 390 g/mol. The lowest BCUT2D eigenvalue weighted by molar-refractivity contribution is -0.113. The average Bonchev–Trinajstić information content (AvgIpc) is 3.01. The molecule has 1 N–H and O–H groups in total. The third kappa shape index (κ3) is 4.24. The van der Waals surface area contributed by atoms with Gasteiger partial charge in [0.1, 0.15) is 0 Å². The van der Waals surface area contributed by atoms with E-state index in [0.717, 1.165) is 14.9 Å². The van der Waals surface area contributed by atoms with E-state index in [1.807, 2.05) is 48.5 Å². The molecular formula is C17H14BrN3O2S. The topological polar surface area (TPSA) is 68.0 Å². The minimum Gasteiger partial charge on any atom is -0.339 e. The number of benzene rings is 2. The Bertz CT molecular complexity index is 849. The second-order valence-corrected chi connectivity index (χ2v) is 6.94. The van der Waals surface area contributed by atoms with Gasteiger partial charge in [0.15, 0.2) is 0 Å². The summed E-state index contributed by atoms with van der Waals surface area (Å²) in [6, 6.07) is 15.2. The Morgan fingerprint density at radius 3 is 2.67 bits per heavy atom. The molecule has 5 nitrogen and oxygen atoms in total. The number of para-hydroxylation sites is 1. The first kappa shape index (κ1) is 16.7. The quantitative estimate of drug-likeness (QED) is 0.633. The Morgan fingerprint density at radius 1 is 1.21 bits per heavy atom. The van der Waals surface area contributed by atoms with Crippen LogP contribution in [0.15, 0.2) is 62.4 Å². The molecule has 0 bridgehead atoms. The number of hydrogen-bond acceptors (Lipinski definition) is 5. The van der Waals surface area contributed by atoms with E-state index >= 15 is 0 Å². The van der Waals surface area contributed by atoms with Crippen LogP contribution in [0.25, 0.3) is 11.4 Å². The predicted octanol–water partition coefficient (Wildman–Crippen LogP) is 4.54. The van der Waals surface area contributed by atoms with Crippen LogP contribution in [0.4, 0.5) is 5.69 Å². The molecule has 3 aromatic rings. The minimum absolute atomic E-state index is 0.0874. The largest absolute Gasteiger partial charge is 0.339 e. The van der Waals surface area contributed by atoms with Crippen LogP contribution < -0.4 is 5.32 Å². The van der Waals surface area contributed by atoms with Crippen molar-refractivity contribution in [3.05, 3.63) is 58.9 Å². The van der Waals surface area contributed by atoms with E-state index < -0.39 is 0 Å². The summed E-state index contributed by atoms with van der Waals surface area (Å²) in [4.78, 5) is 17.5. The lowest BCUT2D eigenvalue weighted by Gasteiger charge is -2.08. The number of rotatable bonds is 5. The average molecular weight is 404 g/mol. The van der Waals surface area contributed by atoms with Crippen molar-refractivity contribution in [1.82, 2.24) is 10.1 Å². The van der Waals surface area contributed by atoms with E-state index in [4.69, 9.17) is 4.52 Å². The molecule has 0 aliphatic heterocycles. The van der Waals surface area contributed by atoms with Crippen LogP contribution >= 0.6 is 27.7 Å². The minimum atomic E-state index is -0.0874. The summed E-state index contributed by atoms with van der Waals surface area (Å²) in [6.07, 6.45) is 0. The highest BCUT2D eigenvalue weighted by Crippen LogP contribution is 2.26. The van der Waals surface area contributed by atoms with Crippen molar-refractivity contribution >= 4 is 39.3 Å². The number of amides is 1. The fraction of sp³-hybridized carbons (Fsp3) is 0.118. The molecule has 0 radical (unpaired) electrons. The van der Waals surface area contributed by atoms with Crippen LogP contribution in [-0.2, 0) is 4.79 Å². The summed E-state index contributed by atoms with van der Waals surface area (Å²) < 4.78 is 6.03. The predicted molar refractivity (Wildman–Crippen MR) is 98.0 cm³/mol. The molecule has 0 saturated carbocycles. The summed E-state index contributed by atoms with van der Waals surface area (Å²) in [7, 11) is 0. The third-order valence-electron chi connectivity index (χ3n) is 3.15. The highest BCUT2D eigenvalue weighted by Gasteiger charge is 2.12. The molecule has 1 aromatic heterocycles. The van der Waals surface area contributed by atoms with Crippen molar-refractivity contribution < 1.29 is 9.32 Å². The Morgan fingerprint density at radius 2 is 1.96 bits per heavy atom. The number of thioether (sulfide) groups is 1. The van der Waals surface area contributed by atoms with Crippen LogP contribution in [-0.4, -0.2) is 21.8 Å². The van der Waals surface area contributed by atoms with Gasteiger partial charge in [0.05, 0.1) is 11.4 Å². The molecule has 24 heavy (non-hydrogen) atoms. The molecule has 7 heteroatoms. The van der Waals surface area contributed by atoms with Crippen LogP contribution in [0.3, 0.4) is 0 Å². The Labute approximate surface area is 152 Å². The van der Waals surface area contributed by atoms with Crippen LogP contribution in [0.2, 0.25) is 0 Å². The highest BCUT2D eigenvalue weighted by molar-refractivity contribution is 9.10. The molecule has 1 heterocycles. The van der Waals surface area contributed by atoms with Crippen molar-refractivity contribution in [2.45, 2.75) is 11.8 Å². The summed E-state index contributed by atoms with van der Waals surface area (Å²) >= 11 is 4.87. The smallest absolute Gasteiger partial charge is 0.234 e. The number of hydrogen-bond donors (Lipinski definition) is 1. The van der Waals surface area contributed by atoms with E-state index in [0.29, 0.717) is 23.2 Å². The number of carbonyl (C=O) groups excluding carboxylic acids is 1. The van der Waals surface area contributed by atoms with Crippen LogP contribution in [0.5, 0.6) is 0 Å². The molecule has 2 aromatic carbocycles. The number of carbonyl (C=O) groups is 1. The van der Waals surface area contributed by atoms with E-state index in [-0.39, 0.29) is 5.91 Å². The maximum absolute atomic E-state index is 12.2. The van der Waals surface area contributed by atoms with E-state index in [1.165, 1.54) is 11.8 Å². The highest BCUT2D eigenvalue weighted by atomic mass is 79.9. The van der Waals surface area contributed by atoms with Gasteiger partial charge in [-0.15, -0.1) is 11.8 Å². The molecule has 1 amide bonds. The normalized spacial score (nSPS) is 10.6. The zero-order chi connectivity index (χ0) is 16.9. The van der Waals surface area contributed by atoms with E-state index in [1.54, 1.807) is 6.92 Å². The van der Waals surface area contributed by atoms with Crippen molar-refractivity contribution in [2.24, 2.45) is 0 Å². The van der Waals surface area contributed by atoms with Gasteiger partial charge in [0.2, 0.25) is 17.6 Å². The SMILES string of the molecule is Cc1nc(-c2ccccc2NC(=O)CSc2ccc(Br)cc2)no1. The second-order valence-electron chi connectivity index (χ2n) is 4.97. The van der Waals surface area contributed by atoms with Gasteiger partial charge in [-0.1, -0.05) is 33.2 Å². The van der Waals surface area contributed by atoms with Crippen LogP contribution in [0, 0.1) is 6.92 Å². The molecule has 0 atom stereocenters. The molecule has 0 unspecified atom stereocenters. The molecule has 3 rings (SSSR count). The maximum atomic E-state index is 12.2. The van der Waals surface area contributed by atoms with Gasteiger partial charge in [-0.3, -0.25) is 4.79 Å². The third-order valence-corrected chi connectivity index (χ3v) is 4.69. The first-order valence-electron chi connectivity index (χ1n) is 7.20. The van der Waals surface area contributed by atoms with E-state index in [9.17, 15) is 4.79 Å². The molecule has 122 valence electrons. The monoisotopic (exact) mass is 403 g/mol. The lowest BCUT2D eigenvalue weighted by Crippen LogP contribution is -2.14. The zero-order valence-electron chi connectivity index (χ0n) is 12.8. The first-order valence-corrected chi connectivity index (χ1v) is 8.97. The second kappa shape index (κ2) is 7.63. The molecule has 0 aliphatic rings. The zero-order valence-corrected chi connectivity index (χ0v) is 15.2. The molecule has 0 saturated heterocycles. The van der Waals surface area contributed by atoms with Crippen molar-refractivity contribution in [2.75, 3.05) is 11.1 Å². The Balaban J connectivity index is 1.67. The first-order chi connectivity index (χ1) is 11.6. The maximum Gasteiger partial charge on any atom is 0.234 e. The molecule has 0 fully saturated rings. The standard InChI is InChI=1S/C17H14BrN3O2S/c1-11-19-17(21-23-11)14-4-2-3-5-15(14)20-16(22)10-24-13-8-6-12(18)7-9-13/h2-9H,10H2,1H3,(H,20,22). The lowest BCUT2D eigenvalue weighted by atomic mass is 10.1. The van der Waals surface area contributed by atoms with Gasteiger partial charge in [0.25, 0.3) is 0 Å². The number of anilines is 1. The fourth-order valence-corrected chi connectivity index (χ4v) is 3.02. The Kier molecular flexibility index (Phi) is 5.32. The Hall–Kier alpha value is -2.12. The number of aromatic nitrogens is 2. The van der Waals surface area contributed by atoms with Gasteiger partial charge < -0.3 is 9.84 Å². The summed E-state index contributed by atoms with van der Waals surface area (Å²) in [5, 5.41) is 6.82. The van der Waals surface area contributed by atoms with Gasteiger partial charge in [0, 0.05) is 21.9 Å². The van der Waals surface area contributed by atoms with Crippen molar-refractivity contribution in [3.63, 3.8) is 0 Å². The molecule has 0 spiro atoms. The van der Waals surface area contributed by atoms with Gasteiger partial charge in [-0.2, -0.15) is 4.98 Å². The van der Waals surface area contributed by atoms with Crippen LogP contribution in [0.1, 0.15) is 5.89 Å². The number of nitrogens with one attached hydrogen (secondary N) is 1. The van der Waals surface area contributed by atoms with Gasteiger partial charge in [-0.05, 0) is 36.4 Å². The fourth-order valence-electron chi connectivity index (χ4n) is 2.06. The summed E-state index contributed by atoms with van der Waals surface area (Å²) in [5.41, 5.74) is 1.40. The molecule has 0 aliphatic carbocycles. The summed E-state index contributed by atoms with van der Waals surface area (Å²) in [5.74, 6) is 1.18. The van der Waals surface area contributed by atoms with E-state index in [2.05, 4.69) is 31.4 Å². The van der Waals surface area contributed by atoms with Crippen molar-refractivity contribution in [1.29, 1.82) is 0 Å². The van der Waals surface area contributed by atoms with Crippen molar-refractivity contribution in [3.8, 4) is 11.4 Å². The van der Waals surface area contributed by atoms with Gasteiger partial charge in [-0.25, -0.2) is 0 Å². The number of halogens is 1.